The van der Waals surface area contributed by atoms with Gasteiger partial charge in [-0.25, -0.2) is 0 Å². The van der Waals surface area contributed by atoms with Crippen LogP contribution in [0.5, 0.6) is 0 Å². The summed E-state index contributed by atoms with van der Waals surface area (Å²) in [6, 6.07) is 20.5. The maximum absolute atomic E-state index is 6.14. The highest BCUT2D eigenvalue weighted by atomic mass is 15.1. The molecule has 0 unspecified atom stereocenters. The van der Waals surface area contributed by atoms with Gasteiger partial charge in [0.25, 0.3) is 0 Å². The monoisotopic (exact) mass is 413 g/mol. The van der Waals surface area contributed by atoms with Gasteiger partial charge in [0, 0.05) is 47.9 Å². The molecule has 0 bridgehead atoms. The van der Waals surface area contributed by atoms with E-state index in [-0.39, 0.29) is 0 Å². The quantitative estimate of drug-likeness (QED) is 0.407. The van der Waals surface area contributed by atoms with Crippen LogP contribution in [0.4, 0.5) is 17.1 Å². The van der Waals surface area contributed by atoms with Gasteiger partial charge in [-0.15, -0.1) is 0 Å². The van der Waals surface area contributed by atoms with E-state index in [0.717, 1.165) is 53.5 Å². The molecule has 0 saturated carbocycles. The summed E-state index contributed by atoms with van der Waals surface area (Å²) in [5, 5.41) is 6.75. The van der Waals surface area contributed by atoms with E-state index < -0.39 is 0 Å². The second-order valence-electron chi connectivity index (χ2n) is 7.27. The Labute approximate surface area is 185 Å². The van der Waals surface area contributed by atoms with Crippen LogP contribution in [0.2, 0.25) is 0 Å². The smallest absolute Gasteiger partial charge is 0.0405 e. The molecule has 3 rings (SSSR count). The van der Waals surface area contributed by atoms with E-state index in [0.29, 0.717) is 0 Å². The van der Waals surface area contributed by atoms with Crippen LogP contribution in [-0.2, 0) is 0 Å². The second-order valence-corrected chi connectivity index (χ2v) is 7.27. The molecule has 160 valence electrons. The number of nitrogens with zero attached hydrogens (tertiary/aromatic N) is 2. The van der Waals surface area contributed by atoms with E-state index in [9.17, 15) is 0 Å². The second kappa shape index (κ2) is 11.6. The normalized spacial score (nSPS) is 11.8. The number of benzene rings is 2. The van der Waals surface area contributed by atoms with Crippen molar-refractivity contribution in [2.45, 2.75) is 13.8 Å². The summed E-state index contributed by atoms with van der Waals surface area (Å²) in [6.45, 7) is 7.03. The van der Waals surface area contributed by atoms with E-state index in [4.69, 9.17) is 5.73 Å². The Morgan fingerprint density at radius 2 is 1.52 bits per heavy atom. The molecule has 0 radical (unpaired) electrons. The predicted molar refractivity (Wildman–Crippen MR) is 133 cm³/mol. The zero-order chi connectivity index (χ0) is 21.9. The third-order valence-electron chi connectivity index (χ3n) is 4.96. The van der Waals surface area contributed by atoms with Gasteiger partial charge in [-0.1, -0.05) is 44.2 Å². The van der Waals surface area contributed by atoms with Gasteiger partial charge in [0.1, 0.15) is 0 Å². The van der Waals surface area contributed by atoms with Crippen molar-refractivity contribution in [3.63, 3.8) is 0 Å². The lowest BCUT2D eigenvalue weighted by Crippen LogP contribution is -2.28. The molecule has 0 amide bonds. The van der Waals surface area contributed by atoms with Crippen molar-refractivity contribution in [1.29, 1.82) is 0 Å². The summed E-state index contributed by atoms with van der Waals surface area (Å²) in [5.41, 5.74) is 12.3. The molecule has 0 aliphatic rings. The van der Waals surface area contributed by atoms with Crippen molar-refractivity contribution in [3.05, 3.63) is 96.1 Å². The Bertz CT molecular complexity index is 990. The lowest BCUT2D eigenvalue weighted by atomic mass is 10.1. The van der Waals surface area contributed by atoms with Crippen LogP contribution in [0, 0.1) is 0 Å². The maximum Gasteiger partial charge on any atom is 0.0405 e. The fourth-order valence-electron chi connectivity index (χ4n) is 3.13. The Morgan fingerprint density at radius 3 is 2.19 bits per heavy atom. The lowest BCUT2D eigenvalue weighted by Gasteiger charge is -2.18. The first-order valence-electron chi connectivity index (χ1n) is 10.6. The number of pyridine rings is 1. The summed E-state index contributed by atoms with van der Waals surface area (Å²) >= 11 is 0. The van der Waals surface area contributed by atoms with Gasteiger partial charge < -0.3 is 16.4 Å². The third kappa shape index (κ3) is 7.32. The van der Waals surface area contributed by atoms with Gasteiger partial charge >= 0.3 is 0 Å². The molecule has 1 heterocycles. The Hall–Kier alpha value is -3.57. The first-order chi connectivity index (χ1) is 15.2. The molecule has 0 saturated heterocycles. The molecular weight excluding hydrogens is 382 g/mol. The molecular formula is C26H31N5. The van der Waals surface area contributed by atoms with Gasteiger partial charge in [0.15, 0.2) is 0 Å². The van der Waals surface area contributed by atoms with Crippen molar-refractivity contribution in [3.8, 4) is 0 Å². The van der Waals surface area contributed by atoms with Crippen molar-refractivity contribution >= 4 is 29.2 Å². The van der Waals surface area contributed by atoms with Crippen LogP contribution in [0.25, 0.3) is 12.2 Å². The standard InChI is InChI=1S/C26H31N5/c1-3-31(4-2)20-23(27)19-29-25-6-5-7-26(18-25)30-24-12-10-21(11-13-24)8-9-22-14-16-28-17-15-22/h5-19,29-30H,3-4,20,27H2,1-2H3/b9-8+,23-19-. The predicted octanol–water partition coefficient (Wildman–Crippen LogP) is 5.55. The number of anilines is 3. The molecule has 0 atom stereocenters. The molecule has 2 aromatic carbocycles. The highest BCUT2D eigenvalue weighted by molar-refractivity contribution is 5.71. The maximum atomic E-state index is 6.14. The van der Waals surface area contributed by atoms with Crippen LogP contribution >= 0.6 is 0 Å². The SMILES string of the molecule is CCN(CC)C/C(N)=C/Nc1cccc(Nc2ccc(/C=C/c3ccncc3)cc2)c1. The van der Waals surface area contributed by atoms with Crippen molar-refractivity contribution in [2.24, 2.45) is 5.73 Å². The molecule has 3 aromatic rings. The van der Waals surface area contributed by atoms with Gasteiger partial charge in [-0.3, -0.25) is 9.88 Å². The summed E-state index contributed by atoms with van der Waals surface area (Å²) in [5.74, 6) is 0. The molecule has 4 N–H and O–H groups in total. The molecule has 0 fully saturated rings. The minimum atomic E-state index is 0.764. The molecule has 0 aliphatic heterocycles. The first-order valence-corrected chi connectivity index (χ1v) is 10.6. The summed E-state index contributed by atoms with van der Waals surface area (Å²) < 4.78 is 0. The zero-order valence-electron chi connectivity index (χ0n) is 18.3. The topological polar surface area (TPSA) is 66.2 Å². The van der Waals surface area contributed by atoms with Crippen molar-refractivity contribution in [1.82, 2.24) is 9.88 Å². The van der Waals surface area contributed by atoms with Crippen LogP contribution in [0.1, 0.15) is 25.0 Å². The minimum absolute atomic E-state index is 0.764. The van der Waals surface area contributed by atoms with Gasteiger partial charge in [0.2, 0.25) is 0 Å². The van der Waals surface area contributed by atoms with Gasteiger partial charge in [0.05, 0.1) is 0 Å². The molecule has 0 aliphatic carbocycles. The first kappa shape index (κ1) is 22.1. The summed E-state index contributed by atoms with van der Waals surface area (Å²) in [7, 11) is 0. The molecule has 5 heteroatoms. The average molecular weight is 414 g/mol. The Morgan fingerprint density at radius 1 is 0.871 bits per heavy atom. The number of aromatic nitrogens is 1. The Balaban J connectivity index is 1.58. The summed E-state index contributed by atoms with van der Waals surface area (Å²) in [4.78, 5) is 6.32. The van der Waals surface area contributed by atoms with Crippen molar-refractivity contribution in [2.75, 3.05) is 30.3 Å². The highest BCUT2D eigenvalue weighted by Gasteiger charge is 2.01. The number of hydrogen-bond acceptors (Lipinski definition) is 5. The van der Waals surface area contributed by atoms with Crippen LogP contribution in [0.15, 0.2) is 85.0 Å². The van der Waals surface area contributed by atoms with E-state index in [1.807, 2.05) is 36.5 Å². The minimum Gasteiger partial charge on any atom is -0.400 e. The third-order valence-corrected chi connectivity index (χ3v) is 4.96. The fourth-order valence-corrected chi connectivity index (χ4v) is 3.13. The van der Waals surface area contributed by atoms with Crippen LogP contribution < -0.4 is 16.4 Å². The van der Waals surface area contributed by atoms with Gasteiger partial charge in [-0.2, -0.15) is 0 Å². The molecule has 0 spiro atoms. The fraction of sp³-hybridized carbons (Fsp3) is 0.192. The number of hydrogen-bond donors (Lipinski definition) is 3. The number of nitrogens with one attached hydrogen (secondary N) is 2. The van der Waals surface area contributed by atoms with Crippen LogP contribution in [-0.4, -0.2) is 29.5 Å². The molecule has 5 nitrogen and oxygen atoms in total. The van der Waals surface area contributed by atoms with E-state index in [1.54, 1.807) is 12.4 Å². The number of nitrogens with two attached hydrogens (primary N) is 1. The van der Waals surface area contributed by atoms with E-state index in [2.05, 4.69) is 76.8 Å². The zero-order valence-corrected chi connectivity index (χ0v) is 18.3. The van der Waals surface area contributed by atoms with E-state index in [1.165, 1.54) is 0 Å². The van der Waals surface area contributed by atoms with Gasteiger partial charge in [-0.05, 0) is 66.7 Å². The summed E-state index contributed by atoms with van der Waals surface area (Å²) in [6.07, 6.45) is 9.65. The number of likely N-dealkylation sites (N-methyl/N-ethyl adjacent to an activating group) is 1. The molecule has 31 heavy (non-hydrogen) atoms. The largest absolute Gasteiger partial charge is 0.400 e. The molecule has 1 aromatic heterocycles. The number of rotatable bonds is 10. The average Bonchev–Trinajstić information content (AvgIpc) is 2.82. The van der Waals surface area contributed by atoms with E-state index >= 15 is 0 Å². The lowest BCUT2D eigenvalue weighted by molar-refractivity contribution is 0.328. The van der Waals surface area contributed by atoms with Crippen LogP contribution in [0.3, 0.4) is 0 Å². The van der Waals surface area contributed by atoms with Crippen molar-refractivity contribution < 1.29 is 0 Å². The highest BCUT2D eigenvalue weighted by Crippen LogP contribution is 2.21. The Kier molecular flexibility index (Phi) is 8.26.